The van der Waals surface area contributed by atoms with Gasteiger partial charge in [-0.05, 0) is 37.5 Å². The minimum Gasteiger partial charge on any atom is -0.446 e. The Morgan fingerprint density at radius 3 is 2.71 bits per heavy atom. The lowest BCUT2D eigenvalue weighted by Crippen LogP contribution is -2.32. The van der Waals surface area contributed by atoms with Gasteiger partial charge >= 0.3 is 0 Å². The standard InChI is InChI=1S/C19H20F2N4O2S/c1-11-10-28-18(23-11)14-8-12(16(26)17-22-6-7-27-17)9-15(25-14)24-13-2-4-19(20,21)5-3-13/h6-10,13,16,26H,2-5H2,1H3,(H,24,25). The number of thiazole rings is 1. The molecule has 4 rings (SSSR count). The fraction of sp³-hybridized carbons (Fsp3) is 0.421. The van der Waals surface area contributed by atoms with Gasteiger partial charge in [-0.1, -0.05) is 0 Å². The number of nitrogens with zero attached hydrogens (tertiary/aromatic N) is 3. The summed E-state index contributed by atoms with van der Waals surface area (Å²) in [5.41, 5.74) is 2.03. The van der Waals surface area contributed by atoms with Crippen molar-refractivity contribution in [1.82, 2.24) is 15.0 Å². The second-order valence-electron chi connectivity index (χ2n) is 7.01. The van der Waals surface area contributed by atoms with Crippen molar-refractivity contribution in [1.29, 1.82) is 0 Å². The highest BCUT2D eigenvalue weighted by Gasteiger charge is 2.35. The number of aliphatic hydroxyl groups excluding tert-OH is 1. The molecule has 0 amide bonds. The number of hydrogen-bond acceptors (Lipinski definition) is 7. The molecule has 0 aromatic carbocycles. The van der Waals surface area contributed by atoms with Gasteiger partial charge in [-0.25, -0.2) is 23.7 Å². The number of oxazole rings is 1. The van der Waals surface area contributed by atoms with E-state index in [1.54, 1.807) is 12.1 Å². The Labute approximate surface area is 164 Å². The van der Waals surface area contributed by atoms with E-state index in [4.69, 9.17) is 4.42 Å². The van der Waals surface area contributed by atoms with Crippen LogP contribution in [0.5, 0.6) is 0 Å². The fourth-order valence-corrected chi connectivity index (χ4v) is 4.03. The molecular weight excluding hydrogens is 386 g/mol. The number of nitrogens with one attached hydrogen (secondary N) is 1. The van der Waals surface area contributed by atoms with Gasteiger partial charge in [0.1, 0.15) is 22.8 Å². The molecule has 1 fully saturated rings. The maximum Gasteiger partial charge on any atom is 0.248 e. The average molecular weight is 406 g/mol. The molecule has 1 atom stereocenters. The summed E-state index contributed by atoms with van der Waals surface area (Å²) in [5, 5.41) is 16.5. The molecule has 0 spiro atoms. The number of anilines is 1. The van der Waals surface area contributed by atoms with Crippen LogP contribution in [-0.4, -0.2) is 32.0 Å². The smallest absolute Gasteiger partial charge is 0.248 e. The first-order valence-corrected chi connectivity index (χ1v) is 9.94. The first-order chi connectivity index (χ1) is 13.4. The quantitative estimate of drug-likeness (QED) is 0.646. The van der Waals surface area contributed by atoms with Gasteiger partial charge < -0.3 is 14.8 Å². The Bertz CT molecular complexity index is 935. The molecule has 1 aliphatic carbocycles. The molecule has 0 aliphatic heterocycles. The van der Waals surface area contributed by atoms with Crippen LogP contribution in [0.4, 0.5) is 14.6 Å². The highest BCUT2D eigenvalue weighted by atomic mass is 32.1. The molecule has 3 aromatic rings. The number of halogens is 2. The third-order valence-corrected chi connectivity index (χ3v) is 5.74. The molecule has 0 bridgehead atoms. The van der Waals surface area contributed by atoms with Gasteiger partial charge in [0, 0.05) is 30.0 Å². The first kappa shape index (κ1) is 18.9. The molecule has 1 unspecified atom stereocenters. The minimum absolute atomic E-state index is 0.0906. The van der Waals surface area contributed by atoms with E-state index in [1.807, 2.05) is 12.3 Å². The van der Waals surface area contributed by atoms with E-state index >= 15 is 0 Å². The Hall–Kier alpha value is -2.39. The molecule has 9 heteroatoms. The molecule has 28 heavy (non-hydrogen) atoms. The van der Waals surface area contributed by atoms with E-state index in [2.05, 4.69) is 20.3 Å². The van der Waals surface area contributed by atoms with E-state index in [9.17, 15) is 13.9 Å². The molecule has 1 aliphatic rings. The van der Waals surface area contributed by atoms with E-state index in [-0.39, 0.29) is 24.8 Å². The maximum absolute atomic E-state index is 13.4. The predicted molar refractivity (Wildman–Crippen MR) is 101 cm³/mol. The lowest BCUT2D eigenvalue weighted by molar-refractivity contribution is -0.0361. The molecule has 148 valence electrons. The average Bonchev–Trinajstić information content (AvgIpc) is 3.34. The molecule has 0 radical (unpaired) electrons. The molecule has 3 aromatic heterocycles. The lowest BCUT2D eigenvalue weighted by atomic mass is 9.92. The zero-order chi connectivity index (χ0) is 19.7. The highest BCUT2D eigenvalue weighted by Crippen LogP contribution is 2.35. The van der Waals surface area contributed by atoms with E-state index < -0.39 is 12.0 Å². The summed E-state index contributed by atoms with van der Waals surface area (Å²) in [7, 11) is 0. The second-order valence-corrected chi connectivity index (χ2v) is 7.87. The molecular formula is C19H20F2N4O2S. The molecule has 1 saturated carbocycles. The minimum atomic E-state index is -2.59. The third-order valence-electron chi connectivity index (χ3n) is 4.76. The number of pyridine rings is 1. The summed E-state index contributed by atoms with van der Waals surface area (Å²) in [4.78, 5) is 13.1. The number of aliphatic hydroxyl groups is 1. The van der Waals surface area contributed by atoms with Crippen LogP contribution in [0.15, 0.2) is 34.4 Å². The van der Waals surface area contributed by atoms with Crippen LogP contribution in [0.25, 0.3) is 10.7 Å². The van der Waals surface area contributed by atoms with Crippen molar-refractivity contribution in [3.05, 3.63) is 47.1 Å². The van der Waals surface area contributed by atoms with Crippen molar-refractivity contribution in [3.63, 3.8) is 0 Å². The van der Waals surface area contributed by atoms with Gasteiger partial charge in [-0.3, -0.25) is 0 Å². The predicted octanol–water partition coefficient (Wildman–Crippen LogP) is 4.57. The summed E-state index contributed by atoms with van der Waals surface area (Å²) in [5.74, 6) is -1.89. The Morgan fingerprint density at radius 2 is 2.07 bits per heavy atom. The van der Waals surface area contributed by atoms with Gasteiger partial charge in [0.25, 0.3) is 0 Å². The van der Waals surface area contributed by atoms with Gasteiger partial charge in [0.2, 0.25) is 11.8 Å². The maximum atomic E-state index is 13.4. The Morgan fingerprint density at radius 1 is 1.29 bits per heavy atom. The van der Waals surface area contributed by atoms with Crippen molar-refractivity contribution in [2.24, 2.45) is 0 Å². The summed E-state index contributed by atoms with van der Waals surface area (Å²) >= 11 is 1.45. The zero-order valence-corrected chi connectivity index (χ0v) is 16.0. The van der Waals surface area contributed by atoms with Crippen LogP contribution >= 0.6 is 11.3 Å². The summed E-state index contributed by atoms with van der Waals surface area (Å²) in [6, 6.07) is 3.35. The van der Waals surface area contributed by atoms with Crippen LogP contribution in [0.1, 0.15) is 48.9 Å². The van der Waals surface area contributed by atoms with Crippen LogP contribution in [0, 0.1) is 6.92 Å². The largest absolute Gasteiger partial charge is 0.446 e. The van der Waals surface area contributed by atoms with Crippen molar-refractivity contribution in [2.75, 3.05) is 5.32 Å². The number of hydrogen-bond donors (Lipinski definition) is 2. The van der Waals surface area contributed by atoms with Crippen LogP contribution in [0.2, 0.25) is 0 Å². The highest BCUT2D eigenvalue weighted by molar-refractivity contribution is 7.13. The summed E-state index contributed by atoms with van der Waals surface area (Å²) < 4.78 is 32.1. The summed E-state index contributed by atoms with van der Waals surface area (Å²) in [6.45, 7) is 1.90. The van der Waals surface area contributed by atoms with Crippen molar-refractivity contribution in [3.8, 4) is 10.7 Å². The number of rotatable bonds is 5. The van der Waals surface area contributed by atoms with Crippen LogP contribution in [-0.2, 0) is 0 Å². The van der Waals surface area contributed by atoms with Crippen molar-refractivity contribution < 1.29 is 18.3 Å². The lowest BCUT2D eigenvalue weighted by Gasteiger charge is -2.29. The van der Waals surface area contributed by atoms with E-state index in [0.717, 1.165) is 10.7 Å². The fourth-order valence-electron chi connectivity index (χ4n) is 3.27. The van der Waals surface area contributed by atoms with E-state index in [0.29, 0.717) is 29.9 Å². The van der Waals surface area contributed by atoms with E-state index in [1.165, 1.54) is 23.8 Å². The Balaban J connectivity index is 1.64. The number of aromatic nitrogens is 3. The monoisotopic (exact) mass is 406 g/mol. The third kappa shape index (κ3) is 4.20. The van der Waals surface area contributed by atoms with Gasteiger partial charge in [-0.15, -0.1) is 11.3 Å². The normalized spacial score (nSPS) is 18.1. The summed E-state index contributed by atoms with van der Waals surface area (Å²) in [6.07, 6.45) is 2.26. The van der Waals surface area contributed by atoms with Gasteiger partial charge in [-0.2, -0.15) is 0 Å². The van der Waals surface area contributed by atoms with Crippen LogP contribution in [0.3, 0.4) is 0 Å². The SMILES string of the molecule is Cc1csc(-c2cc(C(O)c3ncco3)cc(NC3CCC(F)(F)CC3)n2)n1. The molecule has 2 N–H and O–H groups in total. The topological polar surface area (TPSA) is 84.1 Å². The Kier molecular flexibility index (Phi) is 5.11. The number of alkyl halides is 2. The molecule has 0 saturated heterocycles. The van der Waals surface area contributed by atoms with Crippen molar-refractivity contribution >= 4 is 17.2 Å². The first-order valence-electron chi connectivity index (χ1n) is 9.06. The van der Waals surface area contributed by atoms with Gasteiger partial charge in [0.15, 0.2) is 6.10 Å². The van der Waals surface area contributed by atoms with Crippen LogP contribution < -0.4 is 5.32 Å². The molecule has 6 nitrogen and oxygen atoms in total. The van der Waals surface area contributed by atoms with Gasteiger partial charge in [0.05, 0.1) is 6.20 Å². The zero-order valence-electron chi connectivity index (χ0n) is 15.2. The number of aryl methyl sites for hydroxylation is 1. The van der Waals surface area contributed by atoms with Crippen molar-refractivity contribution in [2.45, 2.75) is 50.7 Å². The molecule has 3 heterocycles. The second kappa shape index (κ2) is 7.56.